The highest BCUT2D eigenvalue weighted by Crippen LogP contribution is 2.16. The van der Waals surface area contributed by atoms with Crippen molar-refractivity contribution in [3.05, 3.63) is 0 Å². The molecule has 0 N–H and O–H groups in total. The predicted octanol–water partition coefficient (Wildman–Crippen LogP) is 2.20. The first-order valence-corrected chi connectivity index (χ1v) is 5.55. The Kier molecular flexibility index (Phi) is 5.49. The van der Waals surface area contributed by atoms with Crippen LogP contribution in [0.2, 0.25) is 0 Å². The van der Waals surface area contributed by atoms with Gasteiger partial charge in [0.15, 0.2) is 0 Å². The number of rotatable bonds is 2. The third kappa shape index (κ3) is 4.36. The number of hydrogen-bond acceptors (Lipinski definition) is 1. The quantitative estimate of drug-likeness (QED) is 0.506. The average molecular weight is 180 g/mol. The third-order valence-electron chi connectivity index (χ3n) is 1.06. The van der Waals surface area contributed by atoms with E-state index in [0.717, 1.165) is 10.3 Å². The summed E-state index contributed by atoms with van der Waals surface area (Å²) in [6.45, 7) is 4.42. The van der Waals surface area contributed by atoms with Gasteiger partial charge in [-0.1, -0.05) is 13.8 Å². The standard InChI is InChI=1S/C7H16OS2/c1-6(2)5-10(4)7(9)8-3/h6,9H,5H2,1-4H3. The van der Waals surface area contributed by atoms with Gasteiger partial charge in [-0.2, -0.15) is 10.5 Å². The summed E-state index contributed by atoms with van der Waals surface area (Å²) in [6, 6.07) is 0. The molecule has 0 aromatic heterocycles. The first kappa shape index (κ1) is 10.5. The summed E-state index contributed by atoms with van der Waals surface area (Å²) in [4.78, 5) is 0. The fraction of sp³-hybridized carbons (Fsp3) is 0.857. The van der Waals surface area contributed by atoms with E-state index in [-0.39, 0.29) is 10.5 Å². The molecule has 0 aliphatic rings. The van der Waals surface area contributed by atoms with E-state index in [2.05, 4.69) is 32.7 Å². The van der Waals surface area contributed by atoms with Crippen LogP contribution in [0.25, 0.3) is 0 Å². The molecule has 1 unspecified atom stereocenters. The number of hydrogen-bond donors (Lipinski definition) is 1. The Balaban J connectivity index is 3.92. The van der Waals surface area contributed by atoms with Crippen molar-refractivity contribution in [2.24, 2.45) is 5.92 Å². The molecule has 0 fully saturated rings. The highest BCUT2D eigenvalue weighted by atomic mass is 32.2. The van der Waals surface area contributed by atoms with E-state index < -0.39 is 0 Å². The minimum absolute atomic E-state index is 0.214. The van der Waals surface area contributed by atoms with Crippen molar-refractivity contribution in [3.63, 3.8) is 0 Å². The first-order valence-electron chi connectivity index (χ1n) is 3.30. The van der Waals surface area contributed by atoms with E-state index in [1.54, 1.807) is 7.11 Å². The van der Waals surface area contributed by atoms with Crippen LogP contribution >= 0.6 is 23.1 Å². The maximum atomic E-state index is 5.01. The van der Waals surface area contributed by atoms with Crippen molar-refractivity contribution in [1.82, 2.24) is 0 Å². The number of methoxy groups -OCH3 is 1. The van der Waals surface area contributed by atoms with Crippen molar-refractivity contribution in [1.29, 1.82) is 0 Å². The molecule has 1 nitrogen and oxygen atoms in total. The molecule has 62 valence electrons. The Bertz CT molecular complexity index is 130. The SMILES string of the molecule is COC(S)=S(C)CC(C)C. The van der Waals surface area contributed by atoms with E-state index in [0.29, 0.717) is 0 Å². The van der Waals surface area contributed by atoms with Crippen LogP contribution in [0.15, 0.2) is 0 Å². The summed E-state index contributed by atoms with van der Waals surface area (Å²) < 4.78 is 5.88. The van der Waals surface area contributed by atoms with Gasteiger partial charge in [0.1, 0.15) is 4.38 Å². The van der Waals surface area contributed by atoms with Crippen LogP contribution in [-0.2, 0) is 4.74 Å². The van der Waals surface area contributed by atoms with Gasteiger partial charge in [-0.05, 0) is 17.9 Å². The summed E-state index contributed by atoms with van der Waals surface area (Å²) in [5, 5.41) is 0. The van der Waals surface area contributed by atoms with Crippen molar-refractivity contribution >= 4 is 27.5 Å². The molecule has 1 atom stereocenters. The van der Waals surface area contributed by atoms with E-state index in [9.17, 15) is 0 Å². The van der Waals surface area contributed by atoms with Crippen LogP contribution in [0.5, 0.6) is 0 Å². The highest BCUT2D eigenvalue weighted by molar-refractivity contribution is 8.27. The number of thiol groups is 1. The molecule has 0 bridgehead atoms. The van der Waals surface area contributed by atoms with Gasteiger partial charge in [-0.25, -0.2) is 0 Å². The second kappa shape index (κ2) is 5.22. The molecule has 0 amide bonds. The van der Waals surface area contributed by atoms with E-state index >= 15 is 0 Å². The van der Waals surface area contributed by atoms with E-state index in [4.69, 9.17) is 4.74 Å². The zero-order chi connectivity index (χ0) is 8.15. The van der Waals surface area contributed by atoms with Crippen LogP contribution < -0.4 is 0 Å². The number of ether oxygens (including phenoxy) is 1. The zero-order valence-corrected chi connectivity index (χ0v) is 8.76. The molecule has 0 aromatic carbocycles. The Morgan fingerprint density at radius 1 is 1.60 bits per heavy atom. The lowest BCUT2D eigenvalue weighted by atomic mass is 10.3. The molecule has 0 aliphatic carbocycles. The van der Waals surface area contributed by atoms with Crippen molar-refractivity contribution in [2.75, 3.05) is 19.1 Å². The minimum Gasteiger partial charge on any atom is -0.338 e. The van der Waals surface area contributed by atoms with Gasteiger partial charge in [0.2, 0.25) is 0 Å². The largest absolute Gasteiger partial charge is 0.338 e. The fourth-order valence-corrected chi connectivity index (χ4v) is 2.36. The molecule has 0 aliphatic heterocycles. The van der Waals surface area contributed by atoms with Crippen LogP contribution in [0.3, 0.4) is 0 Å². The zero-order valence-electron chi connectivity index (χ0n) is 7.05. The summed E-state index contributed by atoms with van der Waals surface area (Å²) in [6.07, 6.45) is 2.16. The second-order valence-corrected chi connectivity index (χ2v) is 5.35. The lowest BCUT2D eigenvalue weighted by molar-refractivity contribution is 0.426. The Hall–Kier alpha value is 0.530. The topological polar surface area (TPSA) is 9.23 Å². The van der Waals surface area contributed by atoms with Gasteiger partial charge >= 0.3 is 0 Å². The predicted molar refractivity (Wildman–Crippen MR) is 54.2 cm³/mol. The molecule has 3 heteroatoms. The summed E-state index contributed by atoms with van der Waals surface area (Å²) in [5.74, 6) is 1.90. The molecule has 10 heavy (non-hydrogen) atoms. The van der Waals surface area contributed by atoms with Gasteiger partial charge in [0, 0.05) is 7.11 Å². The van der Waals surface area contributed by atoms with Gasteiger partial charge in [0.25, 0.3) is 0 Å². The fourth-order valence-electron chi connectivity index (χ4n) is 0.714. The first-order chi connectivity index (χ1) is 4.57. The van der Waals surface area contributed by atoms with E-state index in [1.165, 1.54) is 5.75 Å². The lowest BCUT2D eigenvalue weighted by Gasteiger charge is -2.08. The van der Waals surface area contributed by atoms with Gasteiger partial charge in [-0.15, -0.1) is 12.6 Å². The monoisotopic (exact) mass is 180 g/mol. The molecule has 0 aromatic rings. The molecule has 0 saturated carbocycles. The van der Waals surface area contributed by atoms with Crippen molar-refractivity contribution in [2.45, 2.75) is 13.8 Å². The normalized spacial score (nSPS) is 15.6. The Labute approximate surface area is 71.5 Å². The molecular formula is C7H16OS2. The molecule has 0 radical (unpaired) electrons. The average Bonchev–Trinajstić information content (AvgIpc) is 1.85. The summed E-state index contributed by atoms with van der Waals surface area (Å²) >= 11 is 4.21. The molecule has 0 rings (SSSR count). The van der Waals surface area contributed by atoms with Crippen LogP contribution in [0.4, 0.5) is 0 Å². The Morgan fingerprint density at radius 2 is 2.10 bits per heavy atom. The van der Waals surface area contributed by atoms with Crippen LogP contribution in [-0.4, -0.2) is 23.5 Å². The molecule has 0 saturated heterocycles. The molecule has 0 spiro atoms. The summed E-state index contributed by atoms with van der Waals surface area (Å²) in [7, 11) is 1.89. The van der Waals surface area contributed by atoms with Gasteiger partial charge in [-0.3, -0.25) is 0 Å². The maximum absolute atomic E-state index is 5.01. The van der Waals surface area contributed by atoms with Gasteiger partial charge in [0.05, 0.1) is 0 Å². The third-order valence-corrected chi connectivity index (χ3v) is 4.10. The minimum atomic E-state index is 0.214. The second-order valence-electron chi connectivity index (χ2n) is 2.67. The highest BCUT2D eigenvalue weighted by Gasteiger charge is 1.98. The van der Waals surface area contributed by atoms with Crippen molar-refractivity contribution in [3.8, 4) is 0 Å². The molecule has 0 heterocycles. The molecular weight excluding hydrogens is 164 g/mol. The van der Waals surface area contributed by atoms with Gasteiger partial charge < -0.3 is 4.74 Å². The summed E-state index contributed by atoms with van der Waals surface area (Å²) in [5.41, 5.74) is 0. The maximum Gasteiger partial charge on any atom is 0.130 e. The van der Waals surface area contributed by atoms with Crippen LogP contribution in [0.1, 0.15) is 13.8 Å². The van der Waals surface area contributed by atoms with Crippen molar-refractivity contribution < 1.29 is 4.74 Å². The lowest BCUT2D eigenvalue weighted by Crippen LogP contribution is -1.98. The smallest absolute Gasteiger partial charge is 0.130 e. The Morgan fingerprint density at radius 3 is 2.40 bits per heavy atom. The van der Waals surface area contributed by atoms with Crippen LogP contribution in [0, 0.1) is 5.92 Å². The van der Waals surface area contributed by atoms with E-state index in [1.807, 2.05) is 0 Å².